The first kappa shape index (κ1) is 15.7. The highest BCUT2D eigenvalue weighted by Crippen LogP contribution is 2.27. The van der Waals surface area contributed by atoms with E-state index in [-0.39, 0.29) is 17.2 Å². The lowest BCUT2D eigenvalue weighted by molar-refractivity contribution is -0.384. The van der Waals surface area contributed by atoms with Crippen LogP contribution >= 0.6 is 0 Å². The Bertz CT molecular complexity index is 491. The van der Waals surface area contributed by atoms with Gasteiger partial charge in [-0.1, -0.05) is 12.5 Å². The topological polar surface area (TPSA) is 78.6 Å². The maximum atomic E-state index is 11.1. The first-order valence-corrected chi connectivity index (χ1v) is 7.45. The number of nitrogens with zero attached hydrogens (tertiary/aromatic N) is 2. The van der Waals surface area contributed by atoms with Gasteiger partial charge in [0.25, 0.3) is 5.69 Å². The van der Waals surface area contributed by atoms with Crippen molar-refractivity contribution >= 4 is 11.4 Å². The van der Waals surface area contributed by atoms with Gasteiger partial charge in [-0.15, -0.1) is 0 Å². The van der Waals surface area contributed by atoms with Crippen molar-refractivity contribution in [3.8, 4) is 0 Å². The second kappa shape index (κ2) is 7.38. The van der Waals surface area contributed by atoms with E-state index < -0.39 is 0 Å². The Hall–Kier alpha value is -1.66. The normalized spacial score (nSPS) is 19.4. The molecule has 6 nitrogen and oxygen atoms in total. The molecule has 6 heteroatoms. The molecule has 1 saturated heterocycles. The van der Waals surface area contributed by atoms with E-state index >= 15 is 0 Å². The first-order valence-electron chi connectivity index (χ1n) is 7.45. The van der Waals surface area contributed by atoms with E-state index in [1.807, 2.05) is 6.07 Å². The van der Waals surface area contributed by atoms with Crippen molar-refractivity contribution in [1.82, 2.24) is 4.90 Å². The maximum Gasteiger partial charge on any atom is 0.292 e. The second-order valence-electron chi connectivity index (χ2n) is 5.49. The standard InChI is InChI=1S/C15H23N3O3/c1-16-14-6-5-12(10-15(14)18(20)21)11-17-8-3-2-4-13(17)7-9-19/h5-6,10,13,16,19H,2-4,7-9,11H2,1H3. The average Bonchev–Trinajstić information content (AvgIpc) is 2.49. The van der Waals surface area contributed by atoms with Gasteiger partial charge in [-0.25, -0.2) is 0 Å². The molecule has 0 amide bonds. The monoisotopic (exact) mass is 293 g/mol. The zero-order valence-corrected chi connectivity index (χ0v) is 12.4. The fourth-order valence-electron chi connectivity index (χ4n) is 3.02. The molecule has 1 aliphatic heterocycles. The number of benzene rings is 1. The number of likely N-dealkylation sites (tertiary alicyclic amines) is 1. The molecule has 1 heterocycles. The largest absolute Gasteiger partial charge is 0.396 e. The first-order chi connectivity index (χ1) is 10.2. The number of rotatable bonds is 6. The van der Waals surface area contributed by atoms with Crippen LogP contribution in [0.15, 0.2) is 18.2 Å². The van der Waals surface area contributed by atoms with Gasteiger partial charge in [0, 0.05) is 32.3 Å². The maximum absolute atomic E-state index is 11.1. The smallest absolute Gasteiger partial charge is 0.292 e. The van der Waals surface area contributed by atoms with E-state index in [0.717, 1.165) is 31.4 Å². The van der Waals surface area contributed by atoms with Crippen molar-refractivity contribution < 1.29 is 10.0 Å². The number of anilines is 1. The van der Waals surface area contributed by atoms with Gasteiger partial charge < -0.3 is 10.4 Å². The molecule has 1 aliphatic rings. The number of aliphatic hydroxyl groups is 1. The Balaban J connectivity index is 2.14. The summed E-state index contributed by atoms with van der Waals surface area (Å²) in [4.78, 5) is 13.1. The van der Waals surface area contributed by atoms with Crippen molar-refractivity contribution in [3.63, 3.8) is 0 Å². The third kappa shape index (κ3) is 3.92. The quantitative estimate of drug-likeness (QED) is 0.622. The van der Waals surface area contributed by atoms with E-state index in [1.165, 1.54) is 6.42 Å². The third-order valence-corrected chi connectivity index (χ3v) is 4.13. The predicted octanol–water partition coefficient (Wildman–Crippen LogP) is 2.37. The van der Waals surface area contributed by atoms with E-state index in [2.05, 4.69) is 10.2 Å². The molecule has 2 N–H and O–H groups in total. The van der Waals surface area contributed by atoms with Crippen LogP contribution in [0.5, 0.6) is 0 Å². The molecule has 0 saturated carbocycles. The zero-order valence-electron chi connectivity index (χ0n) is 12.4. The highest BCUT2D eigenvalue weighted by Gasteiger charge is 2.23. The van der Waals surface area contributed by atoms with Crippen molar-refractivity contribution in [2.45, 2.75) is 38.3 Å². The SMILES string of the molecule is CNc1ccc(CN2CCCCC2CCO)cc1[N+](=O)[O-]. The van der Waals surface area contributed by atoms with Crippen molar-refractivity contribution in [2.24, 2.45) is 0 Å². The summed E-state index contributed by atoms with van der Waals surface area (Å²) in [6, 6.07) is 5.73. The van der Waals surface area contributed by atoms with E-state index in [0.29, 0.717) is 18.3 Å². The molecule has 1 unspecified atom stereocenters. The van der Waals surface area contributed by atoms with Crippen LogP contribution in [0.2, 0.25) is 0 Å². The molecule has 1 atom stereocenters. The van der Waals surface area contributed by atoms with Crippen LogP contribution in [0, 0.1) is 10.1 Å². The van der Waals surface area contributed by atoms with Gasteiger partial charge in [0.1, 0.15) is 5.69 Å². The zero-order chi connectivity index (χ0) is 15.2. The van der Waals surface area contributed by atoms with E-state index in [4.69, 9.17) is 5.11 Å². The summed E-state index contributed by atoms with van der Waals surface area (Å²) in [7, 11) is 1.68. The lowest BCUT2D eigenvalue weighted by atomic mass is 9.98. The van der Waals surface area contributed by atoms with Crippen LogP contribution in [0.25, 0.3) is 0 Å². The molecule has 2 rings (SSSR count). The predicted molar refractivity (Wildman–Crippen MR) is 82.4 cm³/mol. The minimum absolute atomic E-state index is 0.116. The van der Waals surface area contributed by atoms with Crippen LogP contribution in [-0.2, 0) is 6.54 Å². The van der Waals surface area contributed by atoms with Gasteiger partial charge in [0.05, 0.1) is 4.92 Å². The van der Waals surface area contributed by atoms with Crippen molar-refractivity contribution in [1.29, 1.82) is 0 Å². The Labute approximate surface area is 124 Å². The number of piperidine rings is 1. The molecule has 0 aromatic heterocycles. The number of hydrogen-bond acceptors (Lipinski definition) is 5. The van der Waals surface area contributed by atoms with E-state index in [1.54, 1.807) is 19.2 Å². The number of nitro benzene ring substituents is 1. The lowest BCUT2D eigenvalue weighted by Gasteiger charge is -2.35. The molecule has 1 aromatic rings. The van der Waals surface area contributed by atoms with Crippen LogP contribution in [0.3, 0.4) is 0 Å². The number of nitrogens with one attached hydrogen (secondary N) is 1. The number of nitro groups is 1. The summed E-state index contributed by atoms with van der Waals surface area (Å²) in [5, 5.41) is 23.1. The summed E-state index contributed by atoms with van der Waals surface area (Å²) in [5.74, 6) is 0. The molecule has 0 spiro atoms. The van der Waals surface area contributed by atoms with Crippen molar-refractivity contribution in [3.05, 3.63) is 33.9 Å². The molecular weight excluding hydrogens is 270 g/mol. The third-order valence-electron chi connectivity index (χ3n) is 4.13. The summed E-state index contributed by atoms with van der Waals surface area (Å²) in [5.41, 5.74) is 1.60. The minimum Gasteiger partial charge on any atom is -0.396 e. The highest BCUT2D eigenvalue weighted by molar-refractivity contribution is 5.62. The van der Waals surface area contributed by atoms with Crippen molar-refractivity contribution in [2.75, 3.05) is 25.5 Å². The Morgan fingerprint density at radius 2 is 2.29 bits per heavy atom. The fraction of sp³-hybridized carbons (Fsp3) is 0.600. The van der Waals surface area contributed by atoms with Gasteiger partial charge >= 0.3 is 0 Å². The Morgan fingerprint density at radius 1 is 1.48 bits per heavy atom. The van der Waals surface area contributed by atoms with E-state index in [9.17, 15) is 10.1 Å². The molecule has 21 heavy (non-hydrogen) atoms. The molecule has 116 valence electrons. The van der Waals surface area contributed by atoms with Gasteiger partial charge in [-0.3, -0.25) is 15.0 Å². The summed E-state index contributed by atoms with van der Waals surface area (Å²) < 4.78 is 0. The molecule has 0 radical (unpaired) electrons. The number of aliphatic hydroxyl groups excluding tert-OH is 1. The molecule has 1 aromatic carbocycles. The average molecular weight is 293 g/mol. The minimum atomic E-state index is -0.350. The Kier molecular flexibility index (Phi) is 5.52. The van der Waals surface area contributed by atoms with Crippen LogP contribution in [-0.4, -0.2) is 41.2 Å². The second-order valence-corrected chi connectivity index (χ2v) is 5.49. The van der Waals surface area contributed by atoms with Gasteiger partial charge in [0.2, 0.25) is 0 Å². The van der Waals surface area contributed by atoms with Crippen LogP contribution in [0.1, 0.15) is 31.2 Å². The van der Waals surface area contributed by atoms with Gasteiger partial charge in [-0.05, 0) is 37.4 Å². The van der Waals surface area contributed by atoms with Gasteiger partial charge in [-0.2, -0.15) is 0 Å². The molecular formula is C15H23N3O3. The Morgan fingerprint density at radius 3 is 2.95 bits per heavy atom. The number of hydrogen-bond donors (Lipinski definition) is 2. The molecule has 1 fully saturated rings. The van der Waals surface area contributed by atoms with Crippen LogP contribution < -0.4 is 5.32 Å². The summed E-state index contributed by atoms with van der Waals surface area (Å²) in [6.07, 6.45) is 4.21. The van der Waals surface area contributed by atoms with Gasteiger partial charge in [0.15, 0.2) is 0 Å². The summed E-state index contributed by atoms with van der Waals surface area (Å²) in [6.45, 7) is 1.89. The molecule has 0 aliphatic carbocycles. The highest BCUT2D eigenvalue weighted by atomic mass is 16.6. The fourth-order valence-corrected chi connectivity index (χ4v) is 3.02. The molecule has 0 bridgehead atoms. The summed E-state index contributed by atoms with van der Waals surface area (Å²) >= 11 is 0. The van der Waals surface area contributed by atoms with Crippen LogP contribution in [0.4, 0.5) is 11.4 Å². The lowest BCUT2D eigenvalue weighted by Crippen LogP contribution is -2.39.